The van der Waals surface area contributed by atoms with Gasteiger partial charge in [-0.3, -0.25) is 4.79 Å². The third kappa shape index (κ3) is 3.03. The van der Waals surface area contributed by atoms with Crippen LogP contribution in [-0.4, -0.2) is 28.0 Å². The summed E-state index contributed by atoms with van der Waals surface area (Å²) in [4.78, 5) is 11.0. The molecule has 1 amide bonds. The number of methoxy groups -OCH3 is 1. The highest BCUT2D eigenvalue weighted by Gasteiger charge is 2.22. The molecule has 0 aliphatic heterocycles. The molecule has 6 heteroatoms. The lowest BCUT2D eigenvalue weighted by Crippen LogP contribution is -2.18. The highest BCUT2D eigenvalue weighted by Crippen LogP contribution is 2.23. The SMILES string of the molecule is CCC(C)n1nnc(CC(N)=O)c1C(C)OC. The zero-order chi connectivity index (χ0) is 13.0. The van der Waals surface area contributed by atoms with Crippen LogP contribution >= 0.6 is 0 Å². The van der Waals surface area contributed by atoms with Crippen LogP contribution in [0.25, 0.3) is 0 Å². The minimum atomic E-state index is -0.411. The molecule has 17 heavy (non-hydrogen) atoms. The molecule has 1 aromatic rings. The number of rotatable bonds is 6. The summed E-state index contributed by atoms with van der Waals surface area (Å²) < 4.78 is 7.11. The standard InChI is InChI=1S/C11H20N4O2/c1-5-7(2)15-11(8(3)17-4)9(13-14-15)6-10(12)16/h7-8H,5-6H2,1-4H3,(H2,12,16). The summed E-state index contributed by atoms with van der Waals surface area (Å²) in [6.07, 6.45) is 0.871. The number of primary amides is 1. The van der Waals surface area contributed by atoms with E-state index in [0.29, 0.717) is 5.69 Å². The van der Waals surface area contributed by atoms with Crippen LogP contribution in [0.15, 0.2) is 0 Å². The maximum absolute atomic E-state index is 11.0. The number of amides is 1. The maximum Gasteiger partial charge on any atom is 0.223 e. The quantitative estimate of drug-likeness (QED) is 0.803. The largest absolute Gasteiger partial charge is 0.375 e. The fraction of sp³-hybridized carbons (Fsp3) is 0.727. The van der Waals surface area contributed by atoms with E-state index in [2.05, 4.69) is 24.2 Å². The van der Waals surface area contributed by atoms with E-state index in [9.17, 15) is 4.79 Å². The van der Waals surface area contributed by atoms with E-state index in [1.54, 1.807) is 7.11 Å². The van der Waals surface area contributed by atoms with Gasteiger partial charge >= 0.3 is 0 Å². The maximum atomic E-state index is 11.0. The highest BCUT2D eigenvalue weighted by molar-refractivity contribution is 5.76. The third-order valence-electron chi connectivity index (χ3n) is 2.89. The van der Waals surface area contributed by atoms with Crippen LogP contribution in [0, 0.1) is 0 Å². The van der Waals surface area contributed by atoms with Gasteiger partial charge in [-0.05, 0) is 20.3 Å². The number of nitrogens with two attached hydrogens (primary N) is 1. The van der Waals surface area contributed by atoms with Crippen LogP contribution < -0.4 is 5.73 Å². The van der Waals surface area contributed by atoms with E-state index < -0.39 is 5.91 Å². The summed E-state index contributed by atoms with van der Waals surface area (Å²) in [5.41, 5.74) is 6.63. The number of ether oxygens (including phenoxy) is 1. The summed E-state index contributed by atoms with van der Waals surface area (Å²) in [6, 6.07) is 0.219. The molecule has 6 nitrogen and oxygen atoms in total. The van der Waals surface area contributed by atoms with Crippen molar-refractivity contribution in [3.05, 3.63) is 11.4 Å². The number of carbonyl (C=O) groups excluding carboxylic acids is 1. The van der Waals surface area contributed by atoms with E-state index >= 15 is 0 Å². The van der Waals surface area contributed by atoms with Crippen molar-refractivity contribution in [2.24, 2.45) is 5.73 Å². The summed E-state index contributed by atoms with van der Waals surface area (Å²) in [7, 11) is 1.62. The normalized spacial score (nSPS) is 14.6. The Labute approximate surface area is 101 Å². The van der Waals surface area contributed by atoms with Gasteiger partial charge in [0.25, 0.3) is 0 Å². The first kappa shape index (κ1) is 13.6. The van der Waals surface area contributed by atoms with Crippen molar-refractivity contribution in [2.75, 3.05) is 7.11 Å². The first-order chi connectivity index (χ1) is 8.01. The summed E-state index contributed by atoms with van der Waals surface area (Å²) in [6.45, 7) is 6.03. The second-order valence-electron chi connectivity index (χ2n) is 4.14. The van der Waals surface area contributed by atoms with Gasteiger partial charge < -0.3 is 10.5 Å². The molecule has 0 saturated carbocycles. The number of carbonyl (C=O) groups is 1. The molecule has 1 aromatic heterocycles. The number of aromatic nitrogens is 3. The first-order valence-corrected chi connectivity index (χ1v) is 5.76. The van der Waals surface area contributed by atoms with Gasteiger partial charge in [-0.2, -0.15) is 0 Å². The fourth-order valence-corrected chi connectivity index (χ4v) is 1.66. The molecule has 0 radical (unpaired) electrons. The Balaban J connectivity index is 3.14. The predicted octanol–water partition coefficient (Wildman–Crippen LogP) is 0.984. The lowest BCUT2D eigenvalue weighted by atomic mass is 10.1. The van der Waals surface area contributed by atoms with Gasteiger partial charge in [0, 0.05) is 7.11 Å². The lowest BCUT2D eigenvalue weighted by Gasteiger charge is -2.17. The fourth-order valence-electron chi connectivity index (χ4n) is 1.66. The highest BCUT2D eigenvalue weighted by atomic mass is 16.5. The molecule has 0 bridgehead atoms. The molecule has 0 aromatic carbocycles. The van der Waals surface area contributed by atoms with Gasteiger partial charge in [0.2, 0.25) is 5.91 Å². The number of hydrogen-bond acceptors (Lipinski definition) is 4. The van der Waals surface area contributed by atoms with Crippen molar-refractivity contribution < 1.29 is 9.53 Å². The molecule has 1 heterocycles. The van der Waals surface area contributed by atoms with Crippen LogP contribution in [-0.2, 0) is 16.0 Å². The summed E-state index contributed by atoms with van der Waals surface area (Å²) in [5, 5.41) is 8.11. The third-order valence-corrected chi connectivity index (χ3v) is 2.89. The number of hydrogen-bond donors (Lipinski definition) is 1. The van der Waals surface area contributed by atoms with Gasteiger partial charge in [0.05, 0.1) is 30.0 Å². The van der Waals surface area contributed by atoms with Gasteiger partial charge in [-0.1, -0.05) is 12.1 Å². The van der Waals surface area contributed by atoms with Gasteiger partial charge in [0.15, 0.2) is 0 Å². The molecule has 0 spiro atoms. The Bertz CT molecular complexity index is 389. The zero-order valence-corrected chi connectivity index (χ0v) is 10.8. The topological polar surface area (TPSA) is 83.0 Å². The molecule has 1 rings (SSSR count). The molecule has 2 N–H and O–H groups in total. The van der Waals surface area contributed by atoms with E-state index in [4.69, 9.17) is 10.5 Å². The van der Waals surface area contributed by atoms with Crippen molar-refractivity contribution in [1.82, 2.24) is 15.0 Å². The zero-order valence-electron chi connectivity index (χ0n) is 10.8. The van der Waals surface area contributed by atoms with Crippen molar-refractivity contribution >= 4 is 5.91 Å². The molecule has 0 aliphatic carbocycles. The molecular formula is C11H20N4O2. The second kappa shape index (κ2) is 5.77. The Hall–Kier alpha value is -1.43. The van der Waals surface area contributed by atoms with E-state index in [-0.39, 0.29) is 18.6 Å². The average Bonchev–Trinajstić information content (AvgIpc) is 2.69. The molecule has 0 fully saturated rings. The molecule has 0 aliphatic rings. The smallest absolute Gasteiger partial charge is 0.223 e. The Morgan fingerprint density at radius 2 is 2.18 bits per heavy atom. The van der Waals surface area contributed by atoms with Crippen molar-refractivity contribution in [1.29, 1.82) is 0 Å². The average molecular weight is 240 g/mol. The Morgan fingerprint density at radius 1 is 1.53 bits per heavy atom. The van der Waals surface area contributed by atoms with Crippen LogP contribution in [0.1, 0.15) is 50.7 Å². The molecule has 2 atom stereocenters. The minimum absolute atomic E-state index is 0.0967. The minimum Gasteiger partial charge on any atom is -0.375 e. The predicted molar refractivity (Wildman–Crippen MR) is 63.3 cm³/mol. The van der Waals surface area contributed by atoms with Gasteiger partial charge in [-0.25, -0.2) is 4.68 Å². The summed E-state index contributed by atoms with van der Waals surface area (Å²) >= 11 is 0. The van der Waals surface area contributed by atoms with Crippen LogP contribution in [0.4, 0.5) is 0 Å². The van der Waals surface area contributed by atoms with Crippen LogP contribution in [0.2, 0.25) is 0 Å². The van der Waals surface area contributed by atoms with Crippen LogP contribution in [0.3, 0.4) is 0 Å². The van der Waals surface area contributed by atoms with Crippen molar-refractivity contribution in [2.45, 2.75) is 45.8 Å². The Kier molecular flexibility index (Phi) is 4.62. The molecule has 0 saturated heterocycles. The van der Waals surface area contributed by atoms with E-state index in [1.807, 2.05) is 11.6 Å². The van der Waals surface area contributed by atoms with Gasteiger partial charge in [0.1, 0.15) is 0 Å². The van der Waals surface area contributed by atoms with E-state index in [1.165, 1.54) is 0 Å². The molecular weight excluding hydrogens is 220 g/mol. The van der Waals surface area contributed by atoms with E-state index in [0.717, 1.165) is 12.1 Å². The molecule has 96 valence electrons. The van der Waals surface area contributed by atoms with Crippen molar-refractivity contribution in [3.8, 4) is 0 Å². The second-order valence-corrected chi connectivity index (χ2v) is 4.14. The van der Waals surface area contributed by atoms with Gasteiger partial charge in [-0.15, -0.1) is 5.10 Å². The molecule has 2 unspecified atom stereocenters. The van der Waals surface area contributed by atoms with Crippen LogP contribution in [0.5, 0.6) is 0 Å². The number of nitrogens with zero attached hydrogens (tertiary/aromatic N) is 3. The monoisotopic (exact) mass is 240 g/mol. The first-order valence-electron chi connectivity index (χ1n) is 5.76. The van der Waals surface area contributed by atoms with Crippen molar-refractivity contribution in [3.63, 3.8) is 0 Å². The lowest BCUT2D eigenvalue weighted by molar-refractivity contribution is -0.117. The summed E-state index contributed by atoms with van der Waals surface area (Å²) in [5.74, 6) is -0.411. The Morgan fingerprint density at radius 3 is 2.65 bits per heavy atom.